The lowest BCUT2D eigenvalue weighted by molar-refractivity contribution is 0.145. The zero-order valence-electron chi connectivity index (χ0n) is 19.3. The monoisotopic (exact) mass is 450 g/mol. The average Bonchev–Trinajstić information content (AvgIpc) is 3.33. The van der Waals surface area contributed by atoms with E-state index in [-0.39, 0.29) is 11.8 Å². The highest BCUT2D eigenvalue weighted by Gasteiger charge is 2.40. The van der Waals surface area contributed by atoms with Crippen molar-refractivity contribution in [3.8, 4) is 28.7 Å². The molecule has 1 aliphatic rings. The molecular weight excluding hydrogens is 416 g/mol. The van der Waals surface area contributed by atoms with Gasteiger partial charge in [0.15, 0.2) is 23.0 Å². The summed E-state index contributed by atoms with van der Waals surface area (Å²) in [5.41, 5.74) is 0.985. The molecule has 1 heterocycles. The highest BCUT2D eigenvalue weighted by Crippen LogP contribution is 2.54. The largest absolute Gasteiger partial charge is 0.493 e. The van der Waals surface area contributed by atoms with Crippen LogP contribution in [0.15, 0.2) is 12.1 Å². The first-order chi connectivity index (χ1) is 15.0. The molecule has 3 atom stereocenters. The van der Waals surface area contributed by atoms with Crippen LogP contribution in [0.2, 0.25) is 0 Å². The van der Waals surface area contributed by atoms with Crippen molar-refractivity contribution in [2.24, 2.45) is 0 Å². The van der Waals surface area contributed by atoms with Crippen molar-refractivity contribution in [1.29, 1.82) is 0 Å². The number of rotatable bonds is 10. The molecular formula is C24H34O6S. The molecule has 7 heteroatoms. The molecule has 0 spiro atoms. The van der Waals surface area contributed by atoms with Gasteiger partial charge in [-0.25, -0.2) is 0 Å². The standard InChI is InChI=1S/C24H34O6S/c1-7-9-19-22(30-8-2)23(29-6)24(31-19)16-11-10-15(20(16)25)14-12-17(26-3)21(28-5)18(13-14)27-4/h12-13,15-16,20,25H,7-11H2,1-6H3. The Kier molecular flexibility index (Phi) is 7.94. The SMILES string of the molecule is CCCc1sc(C2CCC(c3cc(OC)c(OC)c(OC)c3)C2O)c(OC)c1OCC. The Labute approximate surface area is 189 Å². The first-order valence-electron chi connectivity index (χ1n) is 10.8. The van der Waals surface area contributed by atoms with E-state index in [0.717, 1.165) is 47.6 Å². The van der Waals surface area contributed by atoms with Crippen molar-refractivity contribution >= 4 is 11.3 Å². The van der Waals surface area contributed by atoms with Crippen LogP contribution in [-0.4, -0.2) is 46.3 Å². The minimum atomic E-state index is -0.542. The zero-order chi connectivity index (χ0) is 22.5. The first-order valence-corrected chi connectivity index (χ1v) is 11.7. The Balaban J connectivity index is 1.97. The summed E-state index contributed by atoms with van der Waals surface area (Å²) in [4.78, 5) is 2.27. The van der Waals surface area contributed by atoms with E-state index in [4.69, 9.17) is 23.7 Å². The second-order valence-corrected chi connectivity index (χ2v) is 8.81. The highest BCUT2D eigenvalue weighted by atomic mass is 32.1. The molecule has 1 fully saturated rings. The lowest BCUT2D eigenvalue weighted by atomic mass is 9.92. The molecule has 3 unspecified atom stereocenters. The van der Waals surface area contributed by atoms with Gasteiger partial charge in [0.25, 0.3) is 0 Å². The molecule has 172 valence electrons. The van der Waals surface area contributed by atoms with Gasteiger partial charge in [0.1, 0.15) is 0 Å². The van der Waals surface area contributed by atoms with Gasteiger partial charge in [0.2, 0.25) is 5.75 Å². The van der Waals surface area contributed by atoms with E-state index in [2.05, 4.69) is 6.92 Å². The number of hydrogen-bond acceptors (Lipinski definition) is 7. The number of aryl methyl sites for hydroxylation is 1. The number of benzene rings is 1. The fraction of sp³-hybridized carbons (Fsp3) is 0.583. The van der Waals surface area contributed by atoms with E-state index in [1.807, 2.05) is 19.1 Å². The summed E-state index contributed by atoms with van der Waals surface area (Å²) in [6.45, 7) is 4.73. The van der Waals surface area contributed by atoms with E-state index < -0.39 is 6.10 Å². The Hall–Kier alpha value is -2.12. The highest BCUT2D eigenvalue weighted by molar-refractivity contribution is 7.12. The summed E-state index contributed by atoms with van der Waals surface area (Å²) in [5, 5.41) is 11.4. The number of thiophene rings is 1. The number of aliphatic hydroxyl groups is 1. The smallest absolute Gasteiger partial charge is 0.203 e. The van der Waals surface area contributed by atoms with Crippen LogP contribution in [-0.2, 0) is 6.42 Å². The van der Waals surface area contributed by atoms with Crippen LogP contribution >= 0.6 is 11.3 Å². The third-order valence-corrected chi connectivity index (χ3v) is 7.30. The minimum Gasteiger partial charge on any atom is -0.493 e. The van der Waals surface area contributed by atoms with E-state index >= 15 is 0 Å². The Morgan fingerprint density at radius 2 is 1.48 bits per heavy atom. The van der Waals surface area contributed by atoms with Crippen LogP contribution in [0.5, 0.6) is 28.7 Å². The number of methoxy groups -OCH3 is 4. The van der Waals surface area contributed by atoms with Crippen molar-refractivity contribution < 1.29 is 28.8 Å². The van der Waals surface area contributed by atoms with Gasteiger partial charge in [-0.3, -0.25) is 0 Å². The predicted octanol–water partition coefficient (Wildman–Crippen LogP) is 5.16. The van der Waals surface area contributed by atoms with Crippen LogP contribution < -0.4 is 23.7 Å². The fourth-order valence-electron chi connectivity index (χ4n) is 4.53. The zero-order valence-corrected chi connectivity index (χ0v) is 20.1. The third kappa shape index (κ3) is 4.44. The summed E-state index contributed by atoms with van der Waals surface area (Å²) in [5.74, 6) is 3.35. The van der Waals surface area contributed by atoms with Gasteiger partial charge in [-0.1, -0.05) is 13.3 Å². The molecule has 0 aliphatic heterocycles. The molecule has 1 N–H and O–H groups in total. The first kappa shape index (κ1) is 23.5. The maximum atomic E-state index is 11.4. The van der Waals surface area contributed by atoms with Gasteiger partial charge in [-0.05, 0) is 43.9 Å². The quantitative estimate of drug-likeness (QED) is 0.540. The molecule has 0 amide bonds. The van der Waals surface area contributed by atoms with Gasteiger partial charge in [-0.2, -0.15) is 0 Å². The van der Waals surface area contributed by atoms with Crippen molar-refractivity contribution in [2.45, 2.75) is 57.5 Å². The molecule has 6 nitrogen and oxygen atoms in total. The van der Waals surface area contributed by atoms with Crippen LogP contribution in [0.25, 0.3) is 0 Å². The molecule has 1 aromatic carbocycles. The van der Waals surface area contributed by atoms with Gasteiger partial charge >= 0.3 is 0 Å². The summed E-state index contributed by atoms with van der Waals surface area (Å²) in [7, 11) is 6.49. The summed E-state index contributed by atoms with van der Waals surface area (Å²) >= 11 is 1.72. The third-order valence-electron chi connectivity index (χ3n) is 5.95. The molecule has 1 aliphatic carbocycles. The summed E-state index contributed by atoms with van der Waals surface area (Å²) < 4.78 is 28.2. The van der Waals surface area contributed by atoms with Gasteiger partial charge in [0.05, 0.1) is 50.9 Å². The van der Waals surface area contributed by atoms with Crippen LogP contribution in [0.1, 0.15) is 60.3 Å². The van der Waals surface area contributed by atoms with Crippen LogP contribution in [0.3, 0.4) is 0 Å². The van der Waals surface area contributed by atoms with Crippen molar-refractivity contribution in [2.75, 3.05) is 35.0 Å². The molecule has 1 saturated carbocycles. The molecule has 3 rings (SSSR count). The van der Waals surface area contributed by atoms with Gasteiger partial charge in [0, 0.05) is 11.8 Å². The van der Waals surface area contributed by atoms with Crippen LogP contribution in [0.4, 0.5) is 0 Å². The van der Waals surface area contributed by atoms with Crippen molar-refractivity contribution in [3.05, 3.63) is 27.5 Å². The maximum Gasteiger partial charge on any atom is 0.203 e. The molecule has 31 heavy (non-hydrogen) atoms. The van der Waals surface area contributed by atoms with E-state index in [0.29, 0.717) is 23.9 Å². The van der Waals surface area contributed by atoms with E-state index in [1.54, 1.807) is 39.8 Å². The number of ether oxygens (including phenoxy) is 5. The lowest BCUT2D eigenvalue weighted by Gasteiger charge is -2.22. The van der Waals surface area contributed by atoms with E-state index in [9.17, 15) is 5.11 Å². The lowest BCUT2D eigenvalue weighted by Crippen LogP contribution is -2.18. The normalized spacial score (nSPS) is 20.5. The second-order valence-electron chi connectivity index (χ2n) is 7.67. The minimum absolute atomic E-state index is 0.00569. The number of aliphatic hydroxyl groups excluding tert-OH is 1. The Bertz CT molecular complexity index is 852. The van der Waals surface area contributed by atoms with Gasteiger partial charge < -0.3 is 28.8 Å². The summed E-state index contributed by atoms with van der Waals surface area (Å²) in [6.07, 6.45) is 3.16. The van der Waals surface area contributed by atoms with Crippen LogP contribution in [0, 0.1) is 0 Å². The molecule has 2 aromatic rings. The Morgan fingerprint density at radius 3 is 2.00 bits per heavy atom. The maximum absolute atomic E-state index is 11.4. The predicted molar refractivity (Wildman–Crippen MR) is 123 cm³/mol. The van der Waals surface area contributed by atoms with Gasteiger partial charge in [-0.15, -0.1) is 11.3 Å². The topological polar surface area (TPSA) is 66.4 Å². The molecule has 0 bridgehead atoms. The average molecular weight is 451 g/mol. The number of hydrogen-bond donors (Lipinski definition) is 1. The fourth-order valence-corrected chi connectivity index (χ4v) is 6.02. The molecule has 1 aromatic heterocycles. The molecule has 0 radical (unpaired) electrons. The van der Waals surface area contributed by atoms with Crippen molar-refractivity contribution in [1.82, 2.24) is 0 Å². The summed E-state index contributed by atoms with van der Waals surface area (Å²) in [6, 6.07) is 3.88. The van der Waals surface area contributed by atoms with E-state index in [1.165, 1.54) is 4.88 Å². The second kappa shape index (κ2) is 10.5. The van der Waals surface area contributed by atoms with Crippen molar-refractivity contribution in [3.63, 3.8) is 0 Å². The Morgan fingerprint density at radius 1 is 0.871 bits per heavy atom. The molecule has 0 saturated heterocycles.